The number of carboxylic acids is 1. The Morgan fingerprint density at radius 2 is 2.15 bits per heavy atom. The topological polar surface area (TPSA) is 95.5 Å². The summed E-state index contributed by atoms with van der Waals surface area (Å²) in [5, 5.41) is 15.2. The van der Waals surface area contributed by atoms with Gasteiger partial charge < -0.3 is 10.4 Å². The Hall–Kier alpha value is -1.54. The van der Waals surface area contributed by atoms with Gasteiger partial charge in [0.25, 0.3) is 0 Å². The van der Waals surface area contributed by atoms with E-state index in [2.05, 4.69) is 10.6 Å². The van der Waals surface area contributed by atoms with E-state index in [9.17, 15) is 14.4 Å². The van der Waals surface area contributed by atoms with Crippen LogP contribution in [-0.2, 0) is 4.79 Å². The minimum absolute atomic E-state index is 0.0665. The average Bonchev–Trinajstić information content (AvgIpc) is 2.85. The highest BCUT2D eigenvalue weighted by molar-refractivity contribution is 8.00. The average molecular weight is 316 g/mol. The Balaban J connectivity index is 2.28. The number of carbonyl (C=O) groups excluding carboxylic acids is 2. The molecule has 0 bridgehead atoms. The molecule has 1 heterocycles. The molecule has 1 aromatic heterocycles. The van der Waals surface area contributed by atoms with Crippen LogP contribution in [0, 0.1) is 0 Å². The Labute approximate surface area is 124 Å². The second-order valence-electron chi connectivity index (χ2n) is 3.90. The number of thiophene rings is 1. The fourth-order valence-electron chi connectivity index (χ4n) is 1.24. The zero-order chi connectivity index (χ0) is 15.0. The standard InChI is InChI=1S/C12H16N2O4S2/c1-2-3-4-13-12(18)14-10(15)7-19-8-5-9(11(16)17)20-6-8/h5-6H,2-4,7H2,1H3,(H,16,17)(H2,13,14,15,18). The molecule has 8 heteroatoms. The summed E-state index contributed by atoms with van der Waals surface area (Å²) in [6.45, 7) is 2.54. The molecule has 0 saturated heterocycles. The van der Waals surface area contributed by atoms with Crippen molar-refractivity contribution < 1.29 is 19.5 Å². The van der Waals surface area contributed by atoms with Gasteiger partial charge in [-0.3, -0.25) is 10.1 Å². The molecule has 0 fully saturated rings. The lowest BCUT2D eigenvalue weighted by Crippen LogP contribution is -2.40. The van der Waals surface area contributed by atoms with Crippen molar-refractivity contribution in [1.82, 2.24) is 10.6 Å². The molecule has 0 atom stereocenters. The number of imide groups is 1. The SMILES string of the molecule is CCCCNC(=O)NC(=O)CSc1csc(C(=O)O)c1. The molecule has 3 amide bonds. The second-order valence-corrected chi connectivity index (χ2v) is 5.86. The highest BCUT2D eigenvalue weighted by Gasteiger charge is 2.10. The minimum atomic E-state index is -0.985. The molecule has 3 N–H and O–H groups in total. The van der Waals surface area contributed by atoms with Crippen LogP contribution in [0.1, 0.15) is 29.4 Å². The molecular formula is C12H16N2O4S2. The molecule has 1 rings (SSSR count). The van der Waals surface area contributed by atoms with Crippen molar-refractivity contribution in [2.45, 2.75) is 24.7 Å². The summed E-state index contributed by atoms with van der Waals surface area (Å²) in [6.07, 6.45) is 1.83. The molecule has 0 saturated carbocycles. The van der Waals surface area contributed by atoms with Crippen molar-refractivity contribution >= 4 is 41.0 Å². The van der Waals surface area contributed by atoms with Gasteiger partial charge in [-0.15, -0.1) is 23.1 Å². The number of amides is 3. The van der Waals surface area contributed by atoms with Gasteiger partial charge in [-0.2, -0.15) is 0 Å². The van der Waals surface area contributed by atoms with Gasteiger partial charge in [-0.05, 0) is 12.5 Å². The maximum Gasteiger partial charge on any atom is 0.345 e. The van der Waals surface area contributed by atoms with Crippen LogP contribution in [0.2, 0.25) is 0 Å². The van der Waals surface area contributed by atoms with Crippen LogP contribution in [0.4, 0.5) is 4.79 Å². The summed E-state index contributed by atoms with van der Waals surface area (Å²) in [5.41, 5.74) is 0. The Morgan fingerprint density at radius 1 is 1.40 bits per heavy atom. The van der Waals surface area contributed by atoms with E-state index < -0.39 is 17.9 Å². The van der Waals surface area contributed by atoms with Gasteiger partial charge in [-0.25, -0.2) is 9.59 Å². The smallest absolute Gasteiger partial charge is 0.345 e. The van der Waals surface area contributed by atoms with Crippen molar-refractivity contribution in [3.8, 4) is 0 Å². The van der Waals surface area contributed by atoms with Gasteiger partial charge in [0.05, 0.1) is 5.75 Å². The quantitative estimate of drug-likeness (QED) is 0.529. The largest absolute Gasteiger partial charge is 0.477 e. The molecule has 0 radical (unpaired) electrons. The fraction of sp³-hybridized carbons (Fsp3) is 0.417. The van der Waals surface area contributed by atoms with Crippen molar-refractivity contribution in [1.29, 1.82) is 0 Å². The predicted molar refractivity (Wildman–Crippen MR) is 78.5 cm³/mol. The number of urea groups is 1. The summed E-state index contributed by atoms with van der Waals surface area (Å²) >= 11 is 2.30. The van der Waals surface area contributed by atoms with Crippen LogP contribution in [0.15, 0.2) is 16.3 Å². The van der Waals surface area contributed by atoms with Crippen molar-refractivity contribution in [2.24, 2.45) is 0 Å². The maximum atomic E-state index is 11.5. The van der Waals surface area contributed by atoms with Crippen LogP contribution in [0.5, 0.6) is 0 Å². The van der Waals surface area contributed by atoms with E-state index >= 15 is 0 Å². The first-order valence-corrected chi connectivity index (χ1v) is 7.91. The zero-order valence-corrected chi connectivity index (χ0v) is 12.6. The van der Waals surface area contributed by atoms with Crippen molar-refractivity contribution in [2.75, 3.05) is 12.3 Å². The monoisotopic (exact) mass is 316 g/mol. The van der Waals surface area contributed by atoms with E-state index in [1.807, 2.05) is 6.92 Å². The summed E-state index contributed by atoms with van der Waals surface area (Å²) in [7, 11) is 0. The van der Waals surface area contributed by atoms with Gasteiger partial charge in [0, 0.05) is 16.8 Å². The number of thioether (sulfide) groups is 1. The highest BCUT2D eigenvalue weighted by Crippen LogP contribution is 2.24. The number of rotatable bonds is 7. The molecule has 0 aromatic carbocycles. The molecule has 0 unspecified atom stereocenters. The Bertz CT molecular complexity index is 488. The van der Waals surface area contributed by atoms with Gasteiger partial charge in [0.15, 0.2) is 0 Å². The lowest BCUT2D eigenvalue weighted by Gasteiger charge is -2.05. The first-order valence-electron chi connectivity index (χ1n) is 6.05. The molecule has 20 heavy (non-hydrogen) atoms. The predicted octanol–water partition coefficient (Wildman–Crippen LogP) is 2.16. The molecule has 1 aromatic rings. The van der Waals surface area contributed by atoms with E-state index in [1.165, 1.54) is 17.8 Å². The van der Waals surface area contributed by atoms with E-state index in [-0.39, 0.29) is 10.6 Å². The van der Waals surface area contributed by atoms with Gasteiger partial charge in [0.2, 0.25) is 5.91 Å². The molecule has 6 nitrogen and oxygen atoms in total. The van der Waals surface area contributed by atoms with Crippen molar-refractivity contribution in [3.63, 3.8) is 0 Å². The van der Waals surface area contributed by atoms with E-state index in [0.717, 1.165) is 24.2 Å². The fourth-order valence-corrected chi connectivity index (χ4v) is 2.91. The van der Waals surface area contributed by atoms with Gasteiger partial charge in [0.1, 0.15) is 4.88 Å². The normalized spacial score (nSPS) is 10.1. The number of carbonyl (C=O) groups is 3. The number of nitrogens with one attached hydrogen (secondary N) is 2. The van der Waals surface area contributed by atoms with Crippen molar-refractivity contribution in [3.05, 3.63) is 16.3 Å². The third-order valence-corrected chi connectivity index (χ3v) is 4.27. The van der Waals surface area contributed by atoms with Crippen LogP contribution in [-0.4, -0.2) is 35.3 Å². The number of hydrogen-bond acceptors (Lipinski definition) is 5. The third kappa shape index (κ3) is 6.07. The van der Waals surface area contributed by atoms with Crippen LogP contribution in [0.3, 0.4) is 0 Å². The first-order chi connectivity index (χ1) is 9.52. The Kier molecular flexibility index (Phi) is 7.10. The first kappa shape index (κ1) is 16.5. The molecule has 0 aliphatic rings. The highest BCUT2D eigenvalue weighted by atomic mass is 32.2. The van der Waals surface area contributed by atoms with Crippen LogP contribution in [0.25, 0.3) is 0 Å². The van der Waals surface area contributed by atoms with Gasteiger partial charge in [-0.1, -0.05) is 13.3 Å². The van der Waals surface area contributed by atoms with Gasteiger partial charge >= 0.3 is 12.0 Å². The lowest BCUT2D eigenvalue weighted by molar-refractivity contribution is -0.117. The Morgan fingerprint density at radius 3 is 2.75 bits per heavy atom. The number of unbranched alkanes of at least 4 members (excludes halogenated alkanes) is 1. The maximum absolute atomic E-state index is 11.5. The number of aromatic carboxylic acids is 1. The van der Waals surface area contributed by atoms with E-state index in [4.69, 9.17) is 5.11 Å². The van der Waals surface area contributed by atoms with E-state index in [0.29, 0.717) is 11.4 Å². The molecule has 0 aliphatic carbocycles. The molecule has 0 spiro atoms. The summed E-state index contributed by atoms with van der Waals surface area (Å²) in [4.78, 5) is 34.4. The zero-order valence-electron chi connectivity index (χ0n) is 11.0. The minimum Gasteiger partial charge on any atom is -0.477 e. The van der Waals surface area contributed by atoms with Crippen LogP contribution >= 0.6 is 23.1 Å². The molecule has 0 aliphatic heterocycles. The van der Waals surface area contributed by atoms with Crippen LogP contribution < -0.4 is 10.6 Å². The lowest BCUT2D eigenvalue weighted by atomic mass is 10.3. The van der Waals surface area contributed by atoms with E-state index in [1.54, 1.807) is 5.38 Å². The summed E-state index contributed by atoms with van der Waals surface area (Å²) in [6, 6.07) is 1.01. The molecule has 110 valence electrons. The third-order valence-electron chi connectivity index (χ3n) is 2.22. The molecular weight excluding hydrogens is 300 g/mol. The second kappa shape index (κ2) is 8.60. The number of carboxylic acid groups (broad SMARTS) is 1. The summed E-state index contributed by atoms with van der Waals surface area (Å²) < 4.78 is 0. The summed E-state index contributed by atoms with van der Waals surface area (Å²) in [5.74, 6) is -1.33. The number of hydrogen-bond donors (Lipinski definition) is 3.